The number of aromatic nitrogens is 6. The van der Waals surface area contributed by atoms with Crippen LogP contribution < -0.4 is 31.5 Å². The van der Waals surface area contributed by atoms with Crippen molar-refractivity contribution >= 4 is 57.1 Å². The third-order valence-corrected chi connectivity index (χ3v) is 9.35. The summed E-state index contributed by atoms with van der Waals surface area (Å²) < 4.78 is 17.3. The second-order valence-corrected chi connectivity index (χ2v) is 13.1. The molecule has 7 rings (SSSR count). The van der Waals surface area contributed by atoms with E-state index in [1.165, 1.54) is 0 Å². The van der Waals surface area contributed by atoms with E-state index in [-0.39, 0.29) is 25.9 Å². The van der Waals surface area contributed by atoms with Gasteiger partial charge in [0.1, 0.15) is 11.6 Å². The quantitative estimate of drug-likeness (QED) is 0.0781. The van der Waals surface area contributed by atoms with Crippen LogP contribution in [0.3, 0.4) is 0 Å². The van der Waals surface area contributed by atoms with Crippen molar-refractivity contribution < 1.29 is 23.8 Å². The molecule has 0 aliphatic carbocycles. The average Bonchev–Trinajstić information content (AvgIpc) is 3.81. The van der Waals surface area contributed by atoms with Crippen molar-refractivity contribution in [2.45, 2.75) is 31.7 Å². The van der Waals surface area contributed by atoms with Gasteiger partial charge in [-0.1, -0.05) is 54.6 Å². The van der Waals surface area contributed by atoms with Crippen LogP contribution in [0, 0.1) is 0 Å². The summed E-state index contributed by atoms with van der Waals surface area (Å²) in [5, 5.41) is 31.1. The third kappa shape index (κ3) is 8.75. The maximum absolute atomic E-state index is 13.3. The fourth-order valence-corrected chi connectivity index (χ4v) is 6.60. The van der Waals surface area contributed by atoms with Crippen LogP contribution in [0.4, 0.5) is 32.9 Å². The lowest BCUT2D eigenvalue weighted by Gasteiger charge is -2.33. The minimum Gasteiger partial charge on any atom is -0.382 e. The number of fused-ring (bicyclic) bond motifs is 2. The van der Waals surface area contributed by atoms with Gasteiger partial charge in [-0.25, -0.2) is 19.6 Å². The molecular weight excluding hydrogens is 704 g/mol. The molecule has 1 aliphatic heterocycles. The predicted molar refractivity (Wildman–Crippen MR) is 209 cm³/mol. The van der Waals surface area contributed by atoms with Gasteiger partial charge in [-0.05, 0) is 23.6 Å². The number of ether oxygens (including phenoxy) is 3. The Balaban J connectivity index is 0.987. The van der Waals surface area contributed by atoms with Gasteiger partial charge in [0.15, 0.2) is 11.6 Å². The molecule has 4 amide bonds. The highest BCUT2D eigenvalue weighted by Crippen LogP contribution is 2.28. The Bertz CT molecular complexity index is 2230. The topological polar surface area (TPSA) is 208 Å². The highest BCUT2D eigenvalue weighted by Gasteiger charge is 2.24. The Morgan fingerprint density at radius 1 is 0.891 bits per heavy atom. The number of H-pyrrole nitrogens is 2. The maximum Gasteiger partial charge on any atom is 0.320 e. The molecule has 4 aromatic heterocycles. The number of carbonyl (C=O) groups is 2. The normalized spacial score (nSPS) is 15.4. The summed E-state index contributed by atoms with van der Waals surface area (Å²) in [6, 6.07) is 19.0. The monoisotopic (exact) mass is 748 g/mol. The molecule has 6 aromatic rings. The minimum atomic E-state index is -0.507. The van der Waals surface area contributed by atoms with Crippen molar-refractivity contribution in [2.24, 2.45) is 0 Å². The van der Waals surface area contributed by atoms with Crippen LogP contribution in [0.2, 0.25) is 0 Å². The summed E-state index contributed by atoms with van der Waals surface area (Å²) in [4.78, 5) is 37.6. The maximum atomic E-state index is 13.3. The van der Waals surface area contributed by atoms with Crippen LogP contribution in [0.5, 0.6) is 0 Å². The summed E-state index contributed by atoms with van der Waals surface area (Å²) in [5.74, 6) is 2.21. The van der Waals surface area contributed by atoms with Crippen molar-refractivity contribution in [3.05, 3.63) is 95.8 Å². The molecule has 5 heterocycles. The standard InChI is InChI=1S/C38H44N12O5/c1-23-19-54-14-13-50(23)36-28-18-41-34(16-30(28)47-49-36)45-38(52)43-32(21-53-3)26-12-8-7-11-25(26)20-55-22-31(24-9-5-4-6-10-24)42-37(51)44-33-15-29-27(17-40-33)35(39-2)48-46-29/h4-12,15-18,23,31-32H,13-14,19-22H2,1-3H3,(H,47,49)(H2,39,46,48)(H2,40,42,44,51)(H2,41,43,45,52). The SMILES string of the molecule is CNc1n[nH]c2cc(NC(=O)NC(COCc3ccccc3C(COC)NC(=O)Nc3cc4[nH]nc(N5CCOCC5C)c4cn3)c3ccccc3)ncc12. The first kappa shape index (κ1) is 37.0. The number of benzene rings is 2. The van der Waals surface area contributed by atoms with Crippen molar-refractivity contribution in [3.63, 3.8) is 0 Å². The number of anilines is 4. The van der Waals surface area contributed by atoms with Crippen LogP contribution in [-0.2, 0) is 20.8 Å². The molecule has 3 atom stereocenters. The number of urea groups is 2. The fourth-order valence-electron chi connectivity index (χ4n) is 6.60. The van der Waals surface area contributed by atoms with Crippen molar-refractivity contribution in [1.82, 2.24) is 41.0 Å². The number of aromatic amines is 2. The molecule has 17 heteroatoms. The van der Waals surface area contributed by atoms with Crippen molar-refractivity contribution in [3.8, 4) is 0 Å². The van der Waals surface area contributed by atoms with Gasteiger partial charge < -0.3 is 35.1 Å². The molecule has 1 saturated heterocycles. The van der Waals surface area contributed by atoms with Crippen molar-refractivity contribution in [2.75, 3.05) is 68.0 Å². The van der Waals surface area contributed by atoms with Crippen LogP contribution >= 0.6 is 0 Å². The number of hydrogen-bond acceptors (Lipinski definition) is 11. The molecule has 55 heavy (non-hydrogen) atoms. The number of nitrogens with one attached hydrogen (secondary N) is 7. The van der Waals surface area contributed by atoms with E-state index in [0.29, 0.717) is 30.7 Å². The number of nitrogens with zero attached hydrogens (tertiary/aromatic N) is 5. The van der Waals surface area contributed by atoms with E-state index in [1.807, 2.05) is 54.6 Å². The van der Waals surface area contributed by atoms with Gasteiger partial charge in [-0.3, -0.25) is 20.8 Å². The van der Waals surface area contributed by atoms with E-state index in [0.717, 1.165) is 50.9 Å². The zero-order chi connectivity index (χ0) is 38.1. The summed E-state index contributed by atoms with van der Waals surface area (Å²) >= 11 is 0. The number of morpholine rings is 1. The van der Waals surface area contributed by atoms with Gasteiger partial charge >= 0.3 is 12.1 Å². The van der Waals surface area contributed by atoms with Gasteiger partial charge in [0.25, 0.3) is 0 Å². The summed E-state index contributed by atoms with van der Waals surface area (Å²) in [6.07, 6.45) is 3.35. The molecule has 3 unspecified atom stereocenters. The van der Waals surface area contributed by atoms with Gasteiger partial charge in [-0.2, -0.15) is 10.2 Å². The summed E-state index contributed by atoms with van der Waals surface area (Å²) in [5.41, 5.74) is 4.03. The number of rotatable bonds is 14. The van der Waals surface area contributed by atoms with E-state index >= 15 is 0 Å². The number of methoxy groups -OCH3 is 1. The minimum absolute atomic E-state index is 0.168. The number of pyridine rings is 2. The Morgan fingerprint density at radius 2 is 1.56 bits per heavy atom. The molecule has 17 nitrogen and oxygen atoms in total. The Labute approximate surface area is 316 Å². The van der Waals surface area contributed by atoms with Crippen LogP contribution in [0.1, 0.15) is 35.7 Å². The first-order valence-corrected chi connectivity index (χ1v) is 17.9. The zero-order valence-corrected chi connectivity index (χ0v) is 30.8. The second kappa shape index (κ2) is 17.2. The zero-order valence-electron chi connectivity index (χ0n) is 30.8. The smallest absolute Gasteiger partial charge is 0.320 e. The predicted octanol–water partition coefficient (Wildman–Crippen LogP) is 5.08. The Morgan fingerprint density at radius 3 is 2.29 bits per heavy atom. The first-order chi connectivity index (χ1) is 26.9. The average molecular weight is 749 g/mol. The molecule has 1 fully saturated rings. The molecule has 0 saturated carbocycles. The Hall–Kier alpha value is -6.30. The van der Waals surface area contributed by atoms with Gasteiger partial charge in [0, 0.05) is 45.2 Å². The Kier molecular flexibility index (Phi) is 11.6. The van der Waals surface area contributed by atoms with E-state index in [9.17, 15) is 9.59 Å². The first-order valence-electron chi connectivity index (χ1n) is 17.9. The van der Waals surface area contributed by atoms with Gasteiger partial charge in [0.2, 0.25) is 0 Å². The molecule has 0 bridgehead atoms. The largest absolute Gasteiger partial charge is 0.382 e. The fraction of sp³-hybridized carbons (Fsp3) is 0.316. The van der Waals surface area contributed by atoms with Gasteiger partial charge in [0.05, 0.1) is 73.0 Å². The lowest BCUT2D eigenvalue weighted by molar-refractivity contribution is 0.0986. The molecule has 7 N–H and O–H groups in total. The van der Waals surface area contributed by atoms with E-state index < -0.39 is 24.1 Å². The molecule has 0 spiro atoms. The number of carbonyl (C=O) groups excluding carboxylic acids is 2. The van der Waals surface area contributed by atoms with E-state index in [1.54, 1.807) is 38.7 Å². The second-order valence-electron chi connectivity index (χ2n) is 13.1. The van der Waals surface area contributed by atoms with Gasteiger partial charge in [-0.15, -0.1) is 0 Å². The highest BCUT2D eigenvalue weighted by molar-refractivity contribution is 5.95. The molecule has 2 aromatic carbocycles. The molecule has 1 aliphatic rings. The van der Waals surface area contributed by atoms with E-state index in [2.05, 4.69) is 68.8 Å². The summed E-state index contributed by atoms with van der Waals surface area (Å²) in [7, 11) is 3.36. The van der Waals surface area contributed by atoms with Crippen LogP contribution in [0.15, 0.2) is 79.1 Å². The third-order valence-electron chi connectivity index (χ3n) is 9.35. The lowest BCUT2D eigenvalue weighted by Crippen LogP contribution is -2.44. The summed E-state index contributed by atoms with van der Waals surface area (Å²) in [6.45, 7) is 4.68. The van der Waals surface area contributed by atoms with E-state index in [4.69, 9.17) is 14.2 Å². The highest BCUT2D eigenvalue weighted by atomic mass is 16.5. The van der Waals surface area contributed by atoms with Crippen LogP contribution in [-0.4, -0.2) is 95.6 Å². The number of amides is 4. The lowest BCUT2D eigenvalue weighted by atomic mass is 10.0. The van der Waals surface area contributed by atoms with Crippen molar-refractivity contribution in [1.29, 1.82) is 0 Å². The molecular formula is C38H44N12O5. The molecule has 286 valence electrons. The van der Waals surface area contributed by atoms with Crippen LogP contribution in [0.25, 0.3) is 21.8 Å². The molecule has 0 radical (unpaired) electrons. The number of hydrogen-bond donors (Lipinski definition) is 7.